The Hall–Kier alpha value is 2.13. The molecule has 4 atom stereocenters. The molecule has 0 aromatic carbocycles. The monoisotopic (exact) mass is 408 g/mol. The van der Waals surface area contributed by atoms with E-state index < -0.39 is 0 Å². The third-order valence-electron chi connectivity index (χ3n) is 4.35. The Bertz CT molecular complexity index is 152. The molecule has 3 fully saturated rings. The Morgan fingerprint density at radius 1 is 0.667 bits per heavy atom. The zero-order chi connectivity index (χ0) is 10.6. The summed E-state index contributed by atoms with van der Waals surface area (Å²) in [6.07, 6.45) is 9.53. The standard InChI is InChI=1S/C10H16.2CH4O.2CH3.2Y/c1-2-9-7-4-5-8(6-7)10(9)3-1;2*1-2;;;;/h7-10H,1-6H2;2*2H,1H3;2*1H3;;/q;;;2*-1;;. The summed E-state index contributed by atoms with van der Waals surface area (Å²) in [5.41, 5.74) is 0. The molecular formula is C14H30O2Y2-2. The molecule has 3 rings (SSSR count). The van der Waals surface area contributed by atoms with Crippen LogP contribution in [0.25, 0.3) is 0 Å². The maximum atomic E-state index is 7.00. The van der Waals surface area contributed by atoms with Crippen molar-refractivity contribution in [3.05, 3.63) is 14.9 Å². The first kappa shape index (κ1) is 28.3. The van der Waals surface area contributed by atoms with Gasteiger partial charge in [-0.3, -0.25) is 0 Å². The van der Waals surface area contributed by atoms with Gasteiger partial charge < -0.3 is 25.1 Å². The zero-order valence-corrected chi connectivity index (χ0v) is 18.3. The maximum Gasteiger partial charge on any atom is 0.0319 e. The van der Waals surface area contributed by atoms with Crippen molar-refractivity contribution in [1.29, 1.82) is 0 Å². The quantitative estimate of drug-likeness (QED) is 0.606. The molecule has 2 nitrogen and oxygen atoms in total. The summed E-state index contributed by atoms with van der Waals surface area (Å²) >= 11 is 0. The molecule has 18 heavy (non-hydrogen) atoms. The number of aliphatic hydroxyl groups excluding tert-OH is 2. The molecule has 3 saturated carbocycles. The second-order valence-electron chi connectivity index (χ2n) is 4.59. The number of fused-ring (bicyclic) bond motifs is 5. The minimum atomic E-state index is 0. The molecule has 0 heterocycles. The molecule has 2 bridgehead atoms. The first-order valence-electron chi connectivity index (χ1n) is 5.84. The predicted octanol–water partition coefficient (Wildman–Crippen LogP) is 2.95. The first-order valence-corrected chi connectivity index (χ1v) is 5.84. The van der Waals surface area contributed by atoms with E-state index in [-0.39, 0.29) is 80.3 Å². The molecule has 0 amide bonds. The molecule has 2 N–H and O–H groups in total. The largest absolute Gasteiger partial charge is 0.400 e. The van der Waals surface area contributed by atoms with Gasteiger partial charge in [0.15, 0.2) is 0 Å². The van der Waals surface area contributed by atoms with Gasteiger partial charge in [0, 0.05) is 79.6 Å². The predicted molar refractivity (Wildman–Crippen MR) is 70.8 cm³/mol. The molecule has 3 aliphatic rings. The average Bonchev–Trinajstić information content (AvgIpc) is 2.97. The van der Waals surface area contributed by atoms with E-state index in [1.807, 2.05) is 0 Å². The molecule has 2 radical (unpaired) electrons. The second-order valence-corrected chi connectivity index (χ2v) is 4.59. The van der Waals surface area contributed by atoms with Gasteiger partial charge in [-0.05, 0) is 55.8 Å². The Morgan fingerprint density at radius 3 is 1.33 bits per heavy atom. The molecule has 0 spiro atoms. The third-order valence-corrected chi connectivity index (χ3v) is 4.35. The van der Waals surface area contributed by atoms with Crippen LogP contribution in [0.3, 0.4) is 0 Å². The minimum Gasteiger partial charge on any atom is -0.400 e. The van der Waals surface area contributed by atoms with Crippen LogP contribution < -0.4 is 0 Å². The van der Waals surface area contributed by atoms with Gasteiger partial charge >= 0.3 is 0 Å². The molecule has 0 aromatic heterocycles. The van der Waals surface area contributed by atoms with E-state index in [9.17, 15) is 0 Å². The van der Waals surface area contributed by atoms with Crippen molar-refractivity contribution in [3.63, 3.8) is 0 Å². The van der Waals surface area contributed by atoms with Gasteiger partial charge in [-0.2, -0.15) is 0 Å². The molecule has 0 aromatic rings. The number of aliphatic hydroxyl groups is 2. The molecule has 0 aliphatic heterocycles. The van der Waals surface area contributed by atoms with Crippen molar-refractivity contribution in [1.82, 2.24) is 0 Å². The van der Waals surface area contributed by atoms with E-state index in [1.54, 1.807) is 38.5 Å². The Morgan fingerprint density at radius 2 is 1.00 bits per heavy atom. The molecule has 0 saturated heterocycles. The van der Waals surface area contributed by atoms with Crippen LogP contribution >= 0.6 is 0 Å². The van der Waals surface area contributed by atoms with Gasteiger partial charge in [-0.25, -0.2) is 0 Å². The Kier molecular flexibility index (Phi) is 24.4. The topological polar surface area (TPSA) is 40.5 Å². The van der Waals surface area contributed by atoms with E-state index in [2.05, 4.69) is 0 Å². The van der Waals surface area contributed by atoms with E-state index in [0.29, 0.717) is 0 Å². The maximum absolute atomic E-state index is 7.00. The average molecular weight is 408 g/mol. The summed E-state index contributed by atoms with van der Waals surface area (Å²) in [6, 6.07) is 0. The molecule has 3 aliphatic carbocycles. The van der Waals surface area contributed by atoms with E-state index >= 15 is 0 Å². The Balaban J connectivity index is -0.000000114. The van der Waals surface area contributed by atoms with Crippen LogP contribution in [0.5, 0.6) is 0 Å². The minimum absolute atomic E-state index is 0. The molecular weight excluding hydrogens is 378 g/mol. The van der Waals surface area contributed by atoms with Crippen molar-refractivity contribution in [2.24, 2.45) is 23.7 Å². The first-order chi connectivity index (χ1) is 6.95. The van der Waals surface area contributed by atoms with Crippen LogP contribution in [0, 0.1) is 38.5 Å². The molecule has 106 valence electrons. The van der Waals surface area contributed by atoms with Crippen LogP contribution in [0.4, 0.5) is 0 Å². The van der Waals surface area contributed by atoms with Gasteiger partial charge in [0.1, 0.15) is 0 Å². The summed E-state index contributed by atoms with van der Waals surface area (Å²) in [5, 5.41) is 14.0. The van der Waals surface area contributed by atoms with E-state index in [4.69, 9.17) is 10.2 Å². The van der Waals surface area contributed by atoms with Crippen LogP contribution in [-0.2, 0) is 65.4 Å². The number of hydrogen-bond acceptors (Lipinski definition) is 2. The SMILES string of the molecule is C1CC2C3CCC(C3)C2C1.CO.CO.[CH3-].[CH3-].[Y].[Y]. The van der Waals surface area contributed by atoms with Crippen LogP contribution in [0.1, 0.15) is 38.5 Å². The van der Waals surface area contributed by atoms with E-state index in [1.165, 1.54) is 23.7 Å². The van der Waals surface area contributed by atoms with Crippen molar-refractivity contribution < 1.29 is 75.6 Å². The normalized spacial score (nSPS) is 32.7. The number of hydrogen-bond donors (Lipinski definition) is 2. The van der Waals surface area contributed by atoms with Gasteiger partial charge in [-0.15, -0.1) is 0 Å². The Labute approximate surface area is 165 Å². The summed E-state index contributed by atoms with van der Waals surface area (Å²) < 4.78 is 0. The summed E-state index contributed by atoms with van der Waals surface area (Å²) in [6.45, 7) is 0. The summed E-state index contributed by atoms with van der Waals surface area (Å²) in [5.74, 6) is 4.80. The van der Waals surface area contributed by atoms with Crippen molar-refractivity contribution in [2.45, 2.75) is 38.5 Å². The zero-order valence-electron chi connectivity index (χ0n) is 12.6. The fourth-order valence-corrected chi connectivity index (χ4v) is 4.02. The fourth-order valence-electron chi connectivity index (χ4n) is 4.02. The fraction of sp³-hybridized carbons (Fsp3) is 0.857. The van der Waals surface area contributed by atoms with Crippen LogP contribution in [0.2, 0.25) is 0 Å². The summed E-state index contributed by atoms with van der Waals surface area (Å²) in [4.78, 5) is 0. The van der Waals surface area contributed by atoms with Crippen LogP contribution in [-0.4, -0.2) is 24.4 Å². The number of rotatable bonds is 0. The van der Waals surface area contributed by atoms with Crippen molar-refractivity contribution in [3.8, 4) is 0 Å². The van der Waals surface area contributed by atoms with Crippen LogP contribution in [0.15, 0.2) is 0 Å². The van der Waals surface area contributed by atoms with Gasteiger partial charge in [0.05, 0.1) is 0 Å². The van der Waals surface area contributed by atoms with Crippen molar-refractivity contribution >= 4 is 0 Å². The van der Waals surface area contributed by atoms with Gasteiger partial charge in [0.2, 0.25) is 0 Å². The van der Waals surface area contributed by atoms with Gasteiger partial charge in [0.25, 0.3) is 0 Å². The van der Waals surface area contributed by atoms with Gasteiger partial charge in [-0.1, -0.05) is 6.42 Å². The molecule has 4 unspecified atom stereocenters. The third kappa shape index (κ3) is 6.27. The summed E-state index contributed by atoms with van der Waals surface area (Å²) in [7, 11) is 2.00. The van der Waals surface area contributed by atoms with E-state index in [0.717, 1.165) is 14.2 Å². The smallest absolute Gasteiger partial charge is 0.0319 e. The van der Waals surface area contributed by atoms with Crippen molar-refractivity contribution in [2.75, 3.05) is 14.2 Å². The second kappa shape index (κ2) is 15.5. The molecule has 4 heteroatoms.